The van der Waals surface area contributed by atoms with Crippen molar-refractivity contribution in [3.8, 4) is 5.75 Å². The number of primary amides is 1. The van der Waals surface area contributed by atoms with Crippen molar-refractivity contribution in [2.75, 3.05) is 11.9 Å². The lowest BCUT2D eigenvalue weighted by molar-refractivity contribution is -0.119. The minimum atomic E-state index is -0.497. The van der Waals surface area contributed by atoms with Crippen molar-refractivity contribution in [2.45, 2.75) is 6.54 Å². The molecule has 5 nitrogen and oxygen atoms in total. The van der Waals surface area contributed by atoms with E-state index >= 15 is 0 Å². The third kappa shape index (κ3) is 4.55. The Hall–Kier alpha value is -2.08. The summed E-state index contributed by atoms with van der Waals surface area (Å²) in [6.07, 6.45) is 3.53. The Morgan fingerprint density at radius 3 is 2.95 bits per heavy atom. The Balaban J connectivity index is 1.95. The van der Waals surface area contributed by atoms with Gasteiger partial charge in [-0.2, -0.15) is 0 Å². The summed E-state index contributed by atoms with van der Waals surface area (Å²) in [6.45, 7) is 0.519. The van der Waals surface area contributed by atoms with Crippen LogP contribution in [-0.4, -0.2) is 17.5 Å². The predicted molar refractivity (Wildman–Crippen MR) is 80.4 cm³/mol. The molecule has 104 valence electrons. The lowest BCUT2D eigenvalue weighted by Gasteiger charge is -2.09. The number of benzene rings is 1. The van der Waals surface area contributed by atoms with Crippen molar-refractivity contribution >= 4 is 27.5 Å². The molecule has 3 N–H and O–H groups in total. The third-order valence-electron chi connectivity index (χ3n) is 2.47. The number of nitrogens with zero attached hydrogens (tertiary/aromatic N) is 1. The summed E-state index contributed by atoms with van der Waals surface area (Å²) in [5.41, 5.74) is 6.99. The molecule has 1 aromatic carbocycles. The normalized spacial score (nSPS) is 10.1. The van der Waals surface area contributed by atoms with Gasteiger partial charge in [0.05, 0.1) is 0 Å². The predicted octanol–water partition coefficient (Wildman–Crippen LogP) is 2.32. The second-order valence-corrected chi connectivity index (χ2v) is 5.06. The van der Waals surface area contributed by atoms with E-state index in [1.165, 1.54) is 0 Å². The van der Waals surface area contributed by atoms with Crippen LogP contribution in [0.15, 0.2) is 47.2 Å². The number of nitrogens with one attached hydrogen (secondary N) is 1. The molecule has 0 unspecified atom stereocenters. The Kier molecular flexibility index (Phi) is 4.95. The first-order valence-electron chi connectivity index (χ1n) is 5.98. The number of amides is 1. The molecule has 0 saturated carbocycles. The maximum absolute atomic E-state index is 10.7. The molecule has 20 heavy (non-hydrogen) atoms. The van der Waals surface area contributed by atoms with E-state index < -0.39 is 5.91 Å². The monoisotopic (exact) mass is 335 g/mol. The van der Waals surface area contributed by atoms with E-state index in [1.807, 2.05) is 24.3 Å². The molecule has 1 amide bonds. The number of nitrogens with two attached hydrogens (primary N) is 1. The Morgan fingerprint density at radius 1 is 1.35 bits per heavy atom. The maximum Gasteiger partial charge on any atom is 0.255 e. The fourth-order valence-electron chi connectivity index (χ4n) is 1.61. The highest BCUT2D eigenvalue weighted by atomic mass is 79.9. The van der Waals surface area contributed by atoms with E-state index in [9.17, 15) is 4.79 Å². The van der Waals surface area contributed by atoms with Crippen molar-refractivity contribution in [3.63, 3.8) is 0 Å². The number of halogens is 1. The van der Waals surface area contributed by atoms with E-state index in [-0.39, 0.29) is 6.61 Å². The Labute approximate surface area is 125 Å². The van der Waals surface area contributed by atoms with Crippen LogP contribution in [0.1, 0.15) is 5.56 Å². The number of hydrogen-bond acceptors (Lipinski definition) is 4. The molecule has 0 aliphatic heterocycles. The van der Waals surface area contributed by atoms with E-state index in [1.54, 1.807) is 18.5 Å². The minimum absolute atomic E-state index is 0.126. The van der Waals surface area contributed by atoms with Crippen LogP contribution < -0.4 is 15.8 Å². The molecule has 0 bridgehead atoms. The number of pyridine rings is 1. The molecular formula is C14H14BrN3O2. The molecule has 1 aromatic heterocycles. The summed E-state index contributed by atoms with van der Waals surface area (Å²) in [4.78, 5) is 14.8. The molecule has 2 rings (SSSR count). The second kappa shape index (κ2) is 6.91. The fourth-order valence-corrected chi connectivity index (χ4v) is 2.02. The van der Waals surface area contributed by atoms with E-state index in [0.717, 1.165) is 15.7 Å². The zero-order valence-corrected chi connectivity index (χ0v) is 12.3. The molecule has 0 atom stereocenters. The highest BCUT2D eigenvalue weighted by Gasteiger charge is 2.00. The van der Waals surface area contributed by atoms with Crippen LogP contribution in [0.25, 0.3) is 0 Å². The van der Waals surface area contributed by atoms with Gasteiger partial charge in [0.2, 0.25) is 0 Å². The molecule has 0 radical (unpaired) electrons. The van der Waals surface area contributed by atoms with Crippen molar-refractivity contribution in [1.29, 1.82) is 0 Å². The topological polar surface area (TPSA) is 77.2 Å². The van der Waals surface area contributed by atoms with Gasteiger partial charge in [-0.15, -0.1) is 0 Å². The summed E-state index contributed by atoms with van der Waals surface area (Å²) >= 11 is 3.38. The van der Waals surface area contributed by atoms with Gasteiger partial charge in [0, 0.05) is 35.2 Å². The highest BCUT2D eigenvalue weighted by Crippen LogP contribution is 2.18. The maximum atomic E-state index is 10.7. The average molecular weight is 336 g/mol. The summed E-state index contributed by atoms with van der Waals surface area (Å²) in [5.74, 6) is 0.102. The second-order valence-electron chi connectivity index (χ2n) is 4.15. The van der Waals surface area contributed by atoms with Crippen LogP contribution in [0, 0.1) is 0 Å². The first-order valence-corrected chi connectivity index (χ1v) is 6.77. The Bertz CT molecular complexity index is 604. The van der Waals surface area contributed by atoms with Crippen LogP contribution in [0.5, 0.6) is 5.75 Å². The molecule has 0 spiro atoms. The third-order valence-corrected chi connectivity index (χ3v) is 2.91. The van der Waals surface area contributed by atoms with Crippen molar-refractivity contribution in [2.24, 2.45) is 5.73 Å². The van der Waals surface area contributed by atoms with Crippen LogP contribution in [-0.2, 0) is 11.3 Å². The first-order chi connectivity index (χ1) is 9.63. The van der Waals surface area contributed by atoms with Crippen LogP contribution in [0.4, 0.5) is 5.69 Å². The van der Waals surface area contributed by atoms with Gasteiger partial charge in [-0.1, -0.05) is 6.07 Å². The lowest BCUT2D eigenvalue weighted by atomic mass is 10.2. The number of anilines is 1. The molecule has 1 heterocycles. The fraction of sp³-hybridized carbons (Fsp3) is 0.143. The molecule has 0 fully saturated rings. The summed E-state index contributed by atoms with van der Waals surface area (Å²) in [6, 6.07) is 9.34. The summed E-state index contributed by atoms with van der Waals surface area (Å²) < 4.78 is 6.18. The van der Waals surface area contributed by atoms with E-state index in [2.05, 4.69) is 26.2 Å². The number of carbonyl (C=O) groups is 1. The van der Waals surface area contributed by atoms with Crippen molar-refractivity contribution in [3.05, 3.63) is 52.8 Å². The zero-order chi connectivity index (χ0) is 14.4. The van der Waals surface area contributed by atoms with Gasteiger partial charge in [0.1, 0.15) is 5.75 Å². The van der Waals surface area contributed by atoms with Crippen molar-refractivity contribution < 1.29 is 9.53 Å². The SMILES string of the molecule is NC(=O)COc1cccc(NCc2cncc(Br)c2)c1. The molecule has 2 aromatic rings. The van der Waals surface area contributed by atoms with Crippen LogP contribution >= 0.6 is 15.9 Å². The smallest absolute Gasteiger partial charge is 0.255 e. The van der Waals surface area contributed by atoms with Gasteiger partial charge in [0.25, 0.3) is 5.91 Å². The van der Waals surface area contributed by atoms with Gasteiger partial charge in [-0.25, -0.2) is 0 Å². The van der Waals surface area contributed by atoms with Gasteiger partial charge in [-0.05, 0) is 39.7 Å². The molecule has 6 heteroatoms. The highest BCUT2D eigenvalue weighted by molar-refractivity contribution is 9.10. The molecule has 0 aliphatic carbocycles. The molecule has 0 saturated heterocycles. The molecule has 0 aliphatic rings. The summed E-state index contributed by atoms with van der Waals surface area (Å²) in [5, 5.41) is 3.26. The molecular weight excluding hydrogens is 322 g/mol. The van der Waals surface area contributed by atoms with E-state index in [4.69, 9.17) is 10.5 Å². The van der Waals surface area contributed by atoms with Gasteiger partial charge >= 0.3 is 0 Å². The standard InChI is InChI=1S/C14H14BrN3O2/c15-11-4-10(6-17-8-11)7-18-12-2-1-3-13(5-12)20-9-14(16)19/h1-6,8,18H,7,9H2,(H2,16,19). The zero-order valence-electron chi connectivity index (χ0n) is 10.7. The quantitative estimate of drug-likeness (QED) is 0.849. The Morgan fingerprint density at radius 2 is 2.20 bits per heavy atom. The van der Waals surface area contributed by atoms with Crippen LogP contribution in [0.3, 0.4) is 0 Å². The number of rotatable bonds is 6. The average Bonchev–Trinajstić information content (AvgIpc) is 2.43. The van der Waals surface area contributed by atoms with Gasteiger partial charge < -0.3 is 15.8 Å². The number of hydrogen-bond donors (Lipinski definition) is 2. The van der Waals surface area contributed by atoms with Crippen molar-refractivity contribution in [1.82, 2.24) is 4.98 Å². The minimum Gasteiger partial charge on any atom is -0.484 e. The lowest BCUT2D eigenvalue weighted by Crippen LogP contribution is -2.20. The number of aromatic nitrogens is 1. The van der Waals surface area contributed by atoms with Crippen LogP contribution in [0.2, 0.25) is 0 Å². The first kappa shape index (κ1) is 14.3. The van der Waals surface area contributed by atoms with E-state index in [0.29, 0.717) is 12.3 Å². The number of carbonyl (C=O) groups excluding carboxylic acids is 1. The summed E-state index contributed by atoms with van der Waals surface area (Å²) in [7, 11) is 0. The largest absolute Gasteiger partial charge is 0.484 e. The van der Waals surface area contributed by atoms with Gasteiger partial charge in [-0.3, -0.25) is 9.78 Å². The van der Waals surface area contributed by atoms with Gasteiger partial charge in [0.15, 0.2) is 6.61 Å². The number of ether oxygens (including phenoxy) is 1.